The highest BCUT2D eigenvalue weighted by molar-refractivity contribution is 4.55. The van der Waals surface area contributed by atoms with E-state index in [1.807, 2.05) is 0 Å². The lowest BCUT2D eigenvalue weighted by molar-refractivity contribution is 0.392. The summed E-state index contributed by atoms with van der Waals surface area (Å²) in [7, 11) is 4.21. The number of likely N-dealkylation sites (N-methyl/N-ethyl adjacent to an activating group) is 1. The molecule has 2 heteroatoms. The van der Waals surface area contributed by atoms with E-state index in [1.165, 1.54) is 19.4 Å². The Hall–Kier alpha value is -0.0800. The van der Waals surface area contributed by atoms with Gasteiger partial charge in [0.25, 0.3) is 0 Å². The maximum atomic E-state index is 3.44. The molecule has 0 saturated carbocycles. The zero-order valence-electron chi connectivity index (χ0n) is 9.06. The van der Waals surface area contributed by atoms with Crippen molar-refractivity contribution < 1.29 is 0 Å². The van der Waals surface area contributed by atoms with Crippen molar-refractivity contribution in [2.45, 2.75) is 26.7 Å². The lowest BCUT2D eigenvalue weighted by Crippen LogP contribution is -2.27. The van der Waals surface area contributed by atoms with Crippen LogP contribution in [0, 0.1) is 5.92 Å². The fourth-order valence-electron chi connectivity index (χ4n) is 0.980. The maximum Gasteiger partial charge on any atom is 0.0101 e. The van der Waals surface area contributed by atoms with Crippen LogP contribution in [0.5, 0.6) is 0 Å². The lowest BCUT2D eigenvalue weighted by Gasteiger charge is -2.12. The Morgan fingerprint density at radius 2 is 1.92 bits per heavy atom. The summed E-state index contributed by atoms with van der Waals surface area (Å²) in [5.41, 5.74) is 0. The summed E-state index contributed by atoms with van der Waals surface area (Å²) in [5, 5.41) is 3.44. The topological polar surface area (TPSA) is 15.3 Å². The van der Waals surface area contributed by atoms with E-state index >= 15 is 0 Å². The van der Waals surface area contributed by atoms with Gasteiger partial charge < -0.3 is 10.2 Å². The van der Waals surface area contributed by atoms with E-state index < -0.39 is 0 Å². The quantitative estimate of drug-likeness (QED) is 0.586. The van der Waals surface area contributed by atoms with Crippen molar-refractivity contribution in [2.24, 2.45) is 5.92 Å². The van der Waals surface area contributed by atoms with Crippen molar-refractivity contribution in [1.82, 2.24) is 10.2 Å². The molecule has 0 aliphatic rings. The van der Waals surface area contributed by atoms with Gasteiger partial charge in [-0.2, -0.15) is 0 Å². The summed E-state index contributed by atoms with van der Waals surface area (Å²) in [4.78, 5) is 2.20. The van der Waals surface area contributed by atoms with Crippen molar-refractivity contribution in [1.29, 1.82) is 0 Å². The standard InChI is InChI=1S/C10H24N2/c1-5-10(2)6-7-11-8-9-12(3)4/h10-11H,5-9H2,1-4H3/t10-/m1/s1. The predicted octanol–water partition coefficient (Wildman–Crippen LogP) is 1.57. The largest absolute Gasteiger partial charge is 0.315 e. The summed E-state index contributed by atoms with van der Waals surface area (Å²) in [6.45, 7) is 7.99. The molecule has 0 heterocycles. The van der Waals surface area contributed by atoms with E-state index in [4.69, 9.17) is 0 Å². The van der Waals surface area contributed by atoms with Crippen LogP contribution in [0.2, 0.25) is 0 Å². The first kappa shape index (κ1) is 11.9. The molecule has 0 unspecified atom stereocenters. The minimum absolute atomic E-state index is 0.872. The highest BCUT2D eigenvalue weighted by atomic mass is 15.1. The van der Waals surface area contributed by atoms with E-state index in [1.54, 1.807) is 0 Å². The third-order valence-electron chi connectivity index (χ3n) is 2.25. The van der Waals surface area contributed by atoms with Crippen LogP contribution in [0.4, 0.5) is 0 Å². The molecule has 0 aliphatic carbocycles. The third kappa shape index (κ3) is 8.02. The lowest BCUT2D eigenvalue weighted by atomic mass is 10.1. The second-order valence-electron chi connectivity index (χ2n) is 3.86. The SMILES string of the molecule is CC[C@@H](C)CCNCCN(C)C. The molecule has 2 nitrogen and oxygen atoms in total. The normalized spacial score (nSPS) is 13.8. The predicted molar refractivity (Wildman–Crippen MR) is 55.5 cm³/mol. The molecule has 0 bridgehead atoms. The van der Waals surface area contributed by atoms with Crippen LogP contribution in [0.25, 0.3) is 0 Å². The van der Waals surface area contributed by atoms with E-state index in [0.29, 0.717) is 0 Å². The van der Waals surface area contributed by atoms with Crippen LogP contribution >= 0.6 is 0 Å². The molecule has 0 fully saturated rings. The number of hydrogen-bond acceptors (Lipinski definition) is 2. The Morgan fingerprint density at radius 1 is 1.25 bits per heavy atom. The third-order valence-corrected chi connectivity index (χ3v) is 2.25. The maximum absolute atomic E-state index is 3.44. The molecule has 0 aromatic carbocycles. The average molecular weight is 172 g/mol. The van der Waals surface area contributed by atoms with E-state index in [-0.39, 0.29) is 0 Å². The highest BCUT2D eigenvalue weighted by Crippen LogP contribution is 2.03. The van der Waals surface area contributed by atoms with Gasteiger partial charge in [0.1, 0.15) is 0 Å². The molecule has 0 amide bonds. The molecule has 0 aliphatic heterocycles. The Bertz CT molecular complexity index is 91.8. The minimum Gasteiger partial charge on any atom is -0.315 e. The zero-order valence-corrected chi connectivity index (χ0v) is 9.06. The van der Waals surface area contributed by atoms with E-state index in [2.05, 4.69) is 38.2 Å². The summed E-state index contributed by atoms with van der Waals surface area (Å²) in [6.07, 6.45) is 2.61. The second kappa shape index (κ2) is 7.56. The van der Waals surface area contributed by atoms with E-state index in [0.717, 1.165) is 19.0 Å². The Balaban J connectivity index is 3.00. The van der Waals surface area contributed by atoms with Crippen LogP contribution < -0.4 is 5.32 Å². The van der Waals surface area contributed by atoms with Crippen LogP contribution in [-0.4, -0.2) is 38.6 Å². The Labute approximate surface area is 77.3 Å². The van der Waals surface area contributed by atoms with Gasteiger partial charge in [0.2, 0.25) is 0 Å². The molecule has 0 aromatic heterocycles. The molecular weight excluding hydrogens is 148 g/mol. The first-order valence-corrected chi connectivity index (χ1v) is 5.02. The molecule has 74 valence electrons. The van der Waals surface area contributed by atoms with Crippen LogP contribution in [-0.2, 0) is 0 Å². The van der Waals surface area contributed by atoms with Gasteiger partial charge in [0.15, 0.2) is 0 Å². The van der Waals surface area contributed by atoms with Crippen LogP contribution in [0.15, 0.2) is 0 Å². The summed E-state index contributed by atoms with van der Waals surface area (Å²) >= 11 is 0. The number of hydrogen-bond donors (Lipinski definition) is 1. The number of rotatable bonds is 7. The van der Waals surface area contributed by atoms with Crippen molar-refractivity contribution in [3.8, 4) is 0 Å². The molecule has 0 radical (unpaired) electrons. The Morgan fingerprint density at radius 3 is 2.42 bits per heavy atom. The van der Waals surface area contributed by atoms with Gasteiger partial charge in [0, 0.05) is 13.1 Å². The smallest absolute Gasteiger partial charge is 0.0101 e. The molecule has 0 saturated heterocycles. The summed E-state index contributed by atoms with van der Waals surface area (Å²) in [5.74, 6) is 0.872. The summed E-state index contributed by atoms with van der Waals surface area (Å²) < 4.78 is 0. The first-order chi connectivity index (χ1) is 5.66. The highest BCUT2D eigenvalue weighted by Gasteiger charge is 1.97. The molecule has 12 heavy (non-hydrogen) atoms. The van der Waals surface area contributed by atoms with Gasteiger partial charge >= 0.3 is 0 Å². The van der Waals surface area contributed by atoms with Gasteiger partial charge in [-0.3, -0.25) is 0 Å². The fourth-order valence-corrected chi connectivity index (χ4v) is 0.980. The van der Waals surface area contributed by atoms with Gasteiger partial charge in [-0.25, -0.2) is 0 Å². The molecule has 0 aromatic rings. The van der Waals surface area contributed by atoms with Crippen molar-refractivity contribution in [3.05, 3.63) is 0 Å². The van der Waals surface area contributed by atoms with Crippen molar-refractivity contribution in [2.75, 3.05) is 33.7 Å². The molecule has 0 spiro atoms. The van der Waals surface area contributed by atoms with Gasteiger partial charge in [-0.1, -0.05) is 20.3 Å². The number of nitrogens with zero attached hydrogens (tertiary/aromatic N) is 1. The monoisotopic (exact) mass is 172 g/mol. The molecule has 0 rings (SSSR count). The molecule has 1 atom stereocenters. The minimum atomic E-state index is 0.872. The Kier molecular flexibility index (Phi) is 7.51. The van der Waals surface area contributed by atoms with Crippen molar-refractivity contribution in [3.63, 3.8) is 0 Å². The van der Waals surface area contributed by atoms with Gasteiger partial charge in [-0.15, -0.1) is 0 Å². The zero-order chi connectivity index (χ0) is 9.40. The molecule has 1 N–H and O–H groups in total. The van der Waals surface area contributed by atoms with E-state index in [9.17, 15) is 0 Å². The second-order valence-corrected chi connectivity index (χ2v) is 3.86. The van der Waals surface area contributed by atoms with Crippen molar-refractivity contribution >= 4 is 0 Å². The van der Waals surface area contributed by atoms with Gasteiger partial charge in [0.05, 0.1) is 0 Å². The number of nitrogens with one attached hydrogen (secondary N) is 1. The fraction of sp³-hybridized carbons (Fsp3) is 1.00. The van der Waals surface area contributed by atoms with Gasteiger partial charge in [-0.05, 0) is 33.0 Å². The van der Waals surface area contributed by atoms with Crippen LogP contribution in [0.1, 0.15) is 26.7 Å². The summed E-state index contributed by atoms with van der Waals surface area (Å²) in [6, 6.07) is 0. The first-order valence-electron chi connectivity index (χ1n) is 5.02. The van der Waals surface area contributed by atoms with Crippen LogP contribution in [0.3, 0.4) is 0 Å². The average Bonchev–Trinajstić information content (AvgIpc) is 2.03. The molecular formula is C10H24N2.